The average molecular weight is 473 g/mol. The van der Waals surface area contributed by atoms with Gasteiger partial charge in [-0.2, -0.15) is 13.2 Å². The van der Waals surface area contributed by atoms with Crippen molar-refractivity contribution < 1.29 is 37.0 Å². The van der Waals surface area contributed by atoms with E-state index in [0.717, 1.165) is 18.2 Å². The fourth-order valence-corrected chi connectivity index (χ4v) is 3.13. The molecule has 0 amide bonds. The van der Waals surface area contributed by atoms with Crippen molar-refractivity contribution in [2.45, 2.75) is 26.1 Å². The van der Waals surface area contributed by atoms with Gasteiger partial charge in [-0.05, 0) is 42.5 Å². The number of para-hydroxylation sites is 2. The SMILES string of the molecule is CC.COc1ccc(C(Oc2ccc(C(F)(F)F)cc2-c2nc3ccccc3o2)C(=O)O)cc1. The molecule has 9 heteroatoms. The van der Waals surface area contributed by atoms with E-state index in [4.69, 9.17) is 13.9 Å². The molecule has 0 bridgehead atoms. The van der Waals surface area contributed by atoms with E-state index < -0.39 is 23.8 Å². The maximum absolute atomic E-state index is 13.3. The number of methoxy groups -OCH3 is 1. The summed E-state index contributed by atoms with van der Waals surface area (Å²) in [5.74, 6) is -1.04. The van der Waals surface area contributed by atoms with E-state index in [2.05, 4.69) is 4.98 Å². The van der Waals surface area contributed by atoms with Gasteiger partial charge in [0.2, 0.25) is 12.0 Å². The highest BCUT2D eigenvalue weighted by Crippen LogP contribution is 2.39. The standard InChI is InChI=1S/C23H16F3NO5.C2H6/c1-30-15-9-6-13(7-10-15)20(22(28)29)31-18-11-8-14(23(24,25)26)12-16(18)21-27-17-4-2-3-5-19(17)32-21;1-2/h2-12,20H,1H3,(H,28,29);1-2H3. The fraction of sp³-hybridized carbons (Fsp3) is 0.200. The van der Waals surface area contributed by atoms with Gasteiger partial charge >= 0.3 is 12.1 Å². The van der Waals surface area contributed by atoms with E-state index in [-0.39, 0.29) is 22.8 Å². The van der Waals surface area contributed by atoms with Gasteiger partial charge in [0.1, 0.15) is 17.0 Å². The van der Waals surface area contributed by atoms with Crippen LogP contribution in [-0.2, 0) is 11.0 Å². The molecule has 0 aliphatic rings. The molecule has 0 fully saturated rings. The minimum absolute atomic E-state index is 0.115. The summed E-state index contributed by atoms with van der Waals surface area (Å²) in [6.45, 7) is 4.00. The number of ether oxygens (including phenoxy) is 2. The Balaban J connectivity index is 0.00000158. The number of halogens is 3. The van der Waals surface area contributed by atoms with Crippen LogP contribution in [0.4, 0.5) is 13.2 Å². The second-order valence-electron chi connectivity index (χ2n) is 6.80. The Morgan fingerprint density at radius 3 is 2.29 bits per heavy atom. The number of alkyl halides is 3. The Hall–Kier alpha value is -4.01. The van der Waals surface area contributed by atoms with E-state index in [1.165, 1.54) is 19.2 Å². The van der Waals surface area contributed by atoms with E-state index >= 15 is 0 Å². The lowest BCUT2D eigenvalue weighted by Gasteiger charge is -2.18. The average Bonchev–Trinajstić information content (AvgIpc) is 3.27. The summed E-state index contributed by atoms with van der Waals surface area (Å²) in [6.07, 6.45) is -6.11. The molecule has 3 aromatic carbocycles. The highest BCUT2D eigenvalue weighted by atomic mass is 19.4. The number of nitrogens with zero attached hydrogens (tertiary/aromatic N) is 1. The van der Waals surface area contributed by atoms with Crippen molar-refractivity contribution in [1.82, 2.24) is 4.98 Å². The van der Waals surface area contributed by atoms with Crippen LogP contribution >= 0.6 is 0 Å². The van der Waals surface area contributed by atoms with Crippen molar-refractivity contribution in [2.24, 2.45) is 0 Å². The van der Waals surface area contributed by atoms with E-state index in [9.17, 15) is 23.1 Å². The van der Waals surface area contributed by atoms with Crippen LogP contribution in [0, 0.1) is 0 Å². The molecule has 0 aliphatic carbocycles. The van der Waals surface area contributed by atoms with Crippen LogP contribution in [0.25, 0.3) is 22.6 Å². The number of hydrogen-bond donors (Lipinski definition) is 1. The number of carboxylic acids is 1. The molecular weight excluding hydrogens is 451 g/mol. The predicted molar refractivity (Wildman–Crippen MR) is 120 cm³/mol. The molecule has 1 N–H and O–H groups in total. The van der Waals surface area contributed by atoms with Crippen molar-refractivity contribution >= 4 is 17.1 Å². The number of rotatable bonds is 6. The first-order valence-electron chi connectivity index (χ1n) is 10.4. The molecule has 178 valence electrons. The van der Waals surface area contributed by atoms with Gasteiger partial charge in [-0.1, -0.05) is 38.1 Å². The van der Waals surface area contributed by atoms with Gasteiger partial charge in [0.15, 0.2) is 5.58 Å². The van der Waals surface area contributed by atoms with Crippen LogP contribution in [-0.4, -0.2) is 23.2 Å². The Kier molecular flexibility index (Phi) is 7.45. The molecule has 1 atom stereocenters. The number of carboxylic acid groups (broad SMARTS) is 1. The molecule has 1 aromatic heterocycles. The summed E-state index contributed by atoms with van der Waals surface area (Å²) in [6, 6.07) is 15.5. The fourth-order valence-electron chi connectivity index (χ4n) is 3.13. The van der Waals surface area contributed by atoms with Gasteiger partial charge in [0, 0.05) is 5.56 Å². The van der Waals surface area contributed by atoms with Gasteiger partial charge in [0.25, 0.3) is 0 Å². The summed E-state index contributed by atoms with van der Waals surface area (Å²) >= 11 is 0. The van der Waals surface area contributed by atoms with Crippen LogP contribution in [0.5, 0.6) is 11.5 Å². The number of aliphatic carboxylic acids is 1. The molecule has 1 heterocycles. The third-order valence-electron chi connectivity index (χ3n) is 4.72. The Labute approximate surface area is 193 Å². The zero-order valence-corrected chi connectivity index (χ0v) is 18.6. The van der Waals surface area contributed by atoms with Crippen LogP contribution in [0.2, 0.25) is 0 Å². The number of carbonyl (C=O) groups is 1. The Morgan fingerprint density at radius 1 is 1.03 bits per heavy atom. The van der Waals surface area contributed by atoms with E-state index in [0.29, 0.717) is 16.8 Å². The number of aromatic nitrogens is 1. The Morgan fingerprint density at radius 2 is 1.71 bits per heavy atom. The lowest BCUT2D eigenvalue weighted by molar-refractivity contribution is -0.145. The maximum Gasteiger partial charge on any atom is 0.416 e. The summed E-state index contributed by atoms with van der Waals surface area (Å²) in [5, 5.41) is 9.70. The van der Waals surface area contributed by atoms with Gasteiger partial charge in [-0.15, -0.1) is 0 Å². The van der Waals surface area contributed by atoms with Crippen molar-refractivity contribution in [2.75, 3.05) is 7.11 Å². The number of benzene rings is 3. The van der Waals surface area contributed by atoms with Crippen molar-refractivity contribution in [3.63, 3.8) is 0 Å². The lowest BCUT2D eigenvalue weighted by Crippen LogP contribution is -2.18. The summed E-state index contributed by atoms with van der Waals surface area (Å²) in [4.78, 5) is 16.1. The van der Waals surface area contributed by atoms with Gasteiger partial charge in [0.05, 0.1) is 18.2 Å². The molecule has 34 heavy (non-hydrogen) atoms. The first kappa shape index (κ1) is 24.6. The molecule has 0 radical (unpaired) electrons. The van der Waals surface area contributed by atoms with Crippen LogP contribution in [0.15, 0.2) is 71.1 Å². The Bertz CT molecular complexity index is 1230. The zero-order valence-electron chi connectivity index (χ0n) is 18.6. The topological polar surface area (TPSA) is 81.8 Å². The van der Waals surface area contributed by atoms with Gasteiger partial charge < -0.3 is 19.0 Å². The first-order chi connectivity index (χ1) is 16.3. The zero-order chi connectivity index (χ0) is 24.9. The normalized spacial score (nSPS) is 11.9. The van der Waals surface area contributed by atoms with Crippen molar-refractivity contribution in [3.8, 4) is 23.0 Å². The summed E-state index contributed by atoms with van der Waals surface area (Å²) in [5.41, 5.74) is 0.0301. The highest BCUT2D eigenvalue weighted by molar-refractivity contribution is 5.79. The minimum Gasteiger partial charge on any atom is -0.497 e. The predicted octanol–water partition coefficient (Wildman–Crippen LogP) is 6.75. The molecule has 0 aliphatic heterocycles. The molecular formula is C25H22F3NO5. The summed E-state index contributed by atoms with van der Waals surface area (Å²) < 4.78 is 56.4. The number of fused-ring (bicyclic) bond motifs is 1. The molecule has 0 spiro atoms. The van der Waals surface area contributed by atoms with Crippen LogP contribution in [0.3, 0.4) is 0 Å². The summed E-state index contributed by atoms with van der Waals surface area (Å²) in [7, 11) is 1.47. The minimum atomic E-state index is -4.62. The smallest absolute Gasteiger partial charge is 0.416 e. The van der Waals surface area contributed by atoms with Gasteiger partial charge in [-0.3, -0.25) is 0 Å². The lowest BCUT2D eigenvalue weighted by atomic mass is 10.1. The molecule has 1 unspecified atom stereocenters. The molecule has 4 aromatic rings. The second kappa shape index (κ2) is 10.3. The van der Waals surface area contributed by atoms with Crippen LogP contribution < -0.4 is 9.47 Å². The number of oxazole rings is 1. The highest BCUT2D eigenvalue weighted by Gasteiger charge is 2.33. The maximum atomic E-state index is 13.3. The van der Waals surface area contributed by atoms with E-state index in [1.54, 1.807) is 36.4 Å². The second-order valence-corrected chi connectivity index (χ2v) is 6.80. The quantitative estimate of drug-likeness (QED) is 0.333. The van der Waals surface area contributed by atoms with Gasteiger partial charge in [-0.25, -0.2) is 9.78 Å². The van der Waals surface area contributed by atoms with Crippen molar-refractivity contribution in [1.29, 1.82) is 0 Å². The molecule has 0 saturated carbocycles. The van der Waals surface area contributed by atoms with Crippen LogP contribution in [0.1, 0.15) is 31.1 Å². The molecule has 4 rings (SSSR count). The van der Waals surface area contributed by atoms with Crippen molar-refractivity contribution in [3.05, 3.63) is 77.9 Å². The first-order valence-corrected chi connectivity index (χ1v) is 10.4. The third kappa shape index (κ3) is 5.31. The molecule has 0 saturated heterocycles. The number of hydrogen-bond acceptors (Lipinski definition) is 5. The third-order valence-corrected chi connectivity index (χ3v) is 4.72. The largest absolute Gasteiger partial charge is 0.497 e. The van der Waals surface area contributed by atoms with E-state index in [1.807, 2.05) is 13.8 Å². The monoisotopic (exact) mass is 473 g/mol. The molecule has 6 nitrogen and oxygen atoms in total.